The summed E-state index contributed by atoms with van der Waals surface area (Å²) in [7, 11) is -0.497. The van der Waals surface area contributed by atoms with E-state index in [9.17, 15) is 8.42 Å². The SMILES string of the molecule is CCn1c(-c2ccnc(Nc3ccc(S(=O)(=O)N(C)CCOC)cc3)n2)cnc1C. The number of nitrogens with one attached hydrogen (secondary N) is 1. The lowest BCUT2D eigenvalue weighted by atomic mass is 10.3. The number of hydrogen-bond acceptors (Lipinski definition) is 7. The van der Waals surface area contributed by atoms with E-state index < -0.39 is 10.0 Å². The van der Waals surface area contributed by atoms with Crippen LogP contribution in [0, 0.1) is 6.92 Å². The van der Waals surface area contributed by atoms with E-state index in [4.69, 9.17) is 4.74 Å². The molecule has 3 aromatic rings. The second kappa shape index (κ2) is 9.33. The van der Waals surface area contributed by atoms with Gasteiger partial charge in [-0.25, -0.2) is 23.4 Å². The molecule has 0 aliphatic carbocycles. The van der Waals surface area contributed by atoms with E-state index >= 15 is 0 Å². The third-order valence-corrected chi connectivity index (χ3v) is 6.59. The van der Waals surface area contributed by atoms with Crippen LogP contribution < -0.4 is 5.32 Å². The van der Waals surface area contributed by atoms with E-state index in [2.05, 4.69) is 31.8 Å². The maximum Gasteiger partial charge on any atom is 0.242 e. The van der Waals surface area contributed by atoms with Crippen molar-refractivity contribution in [3.8, 4) is 11.4 Å². The summed E-state index contributed by atoms with van der Waals surface area (Å²) >= 11 is 0. The fourth-order valence-electron chi connectivity index (χ4n) is 2.99. The number of hydrogen-bond donors (Lipinski definition) is 1. The lowest BCUT2D eigenvalue weighted by Gasteiger charge is -2.17. The molecule has 0 radical (unpaired) electrons. The number of anilines is 2. The molecule has 1 aromatic carbocycles. The molecule has 1 N–H and O–H groups in total. The van der Waals surface area contributed by atoms with Gasteiger partial charge < -0.3 is 14.6 Å². The second-order valence-electron chi connectivity index (χ2n) is 6.67. The van der Waals surface area contributed by atoms with Crippen LogP contribution in [0.4, 0.5) is 11.6 Å². The van der Waals surface area contributed by atoms with E-state index in [1.165, 1.54) is 18.5 Å². The molecular weight excluding hydrogens is 404 g/mol. The molecule has 10 heteroatoms. The Hall–Kier alpha value is -2.82. The zero-order valence-electron chi connectivity index (χ0n) is 17.5. The van der Waals surface area contributed by atoms with E-state index in [1.807, 2.05) is 13.0 Å². The van der Waals surface area contributed by atoms with Gasteiger partial charge in [-0.3, -0.25) is 0 Å². The lowest BCUT2D eigenvalue weighted by Crippen LogP contribution is -2.30. The summed E-state index contributed by atoms with van der Waals surface area (Å²) in [4.78, 5) is 13.4. The van der Waals surface area contributed by atoms with Crippen LogP contribution in [0.25, 0.3) is 11.4 Å². The van der Waals surface area contributed by atoms with E-state index in [0.29, 0.717) is 18.2 Å². The first-order chi connectivity index (χ1) is 14.4. The molecule has 0 spiro atoms. The van der Waals surface area contributed by atoms with Gasteiger partial charge in [0, 0.05) is 39.1 Å². The fourth-order valence-corrected chi connectivity index (χ4v) is 4.15. The zero-order valence-corrected chi connectivity index (χ0v) is 18.3. The van der Waals surface area contributed by atoms with Crippen molar-refractivity contribution in [1.29, 1.82) is 0 Å². The molecular formula is C20H26N6O3S. The number of imidazole rings is 1. The maximum atomic E-state index is 12.6. The topological polar surface area (TPSA) is 102 Å². The summed E-state index contributed by atoms with van der Waals surface area (Å²) in [6.45, 7) is 5.42. The van der Waals surface area contributed by atoms with Gasteiger partial charge in [0.1, 0.15) is 5.82 Å². The number of ether oxygens (including phenoxy) is 1. The second-order valence-corrected chi connectivity index (χ2v) is 8.71. The van der Waals surface area contributed by atoms with Gasteiger partial charge in [0.2, 0.25) is 16.0 Å². The average Bonchev–Trinajstić information content (AvgIpc) is 3.13. The molecule has 0 saturated heterocycles. The summed E-state index contributed by atoms with van der Waals surface area (Å²) in [6.07, 6.45) is 3.47. The number of rotatable bonds is 9. The van der Waals surface area contributed by atoms with Crippen LogP contribution in [-0.2, 0) is 21.3 Å². The highest BCUT2D eigenvalue weighted by atomic mass is 32.2. The van der Waals surface area contributed by atoms with Crippen LogP contribution in [0.15, 0.2) is 47.6 Å². The predicted octanol–water partition coefficient (Wildman–Crippen LogP) is 2.68. The Balaban J connectivity index is 1.78. The molecule has 0 fully saturated rings. The molecule has 30 heavy (non-hydrogen) atoms. The smallest absolute Gasteiger partial charge is 0.242 e. The summed E-state index contributed by atoms with van der Waals surface area (Å²) in [5.74, 6) is 1.34. The molecule has 0 atom stereocenters. The molecule has 9 nitrogen and oxygen atoms in total. The molecule has 3 rings (SSSR count). The predicted molar refractivity (Wildman–Crippen MR) is 115 cm³/mol. The Bertz CT molecular complexity index is 1100. The van der Waals surface area contributed by atoms with Crippen molar-refractivity contribution in [1.82, 2.24) is 23.8 Å². The van der Waals surface area contributed by atoms with Gasteiger partial charge in [-0.05, 0) is 44.2 Å². The van der Waals surface area contributed by atoms with Crippen LogP contribution in [0.3, 0.4) is 0 Å². The minimum Gasteiger partial charge on any atom is -0.383 e. The van der Waals surface area contributed by atoms with Gasteiger partial charge in [0.15, 0.2) is 0 Å². The quantitative estimate of drug-likeness (QED) is 0.557. The molecule has 2 aromatic heterocycles. The Labute approximate surface area is 176 Å². The van der Waals surface area contributed by atoms with Crippen molar-refractivity contribution in [2.75, 3.05) is 32.6 Å². The van der Waals surface area contributed by atoms with Crippen LogP contribution in [0.1, 0.15) is 12.7 Å². The van der Waals surface area contributed by atoms with Crippen LogP contribution >= 0.6 is 0 Å². The standard InChI is InChI=1S/C20H26N6O3S/c1-5-26-15(2)22-14-19(26)18-10-11-21-20(24-18)23-16-6-8-17(9-7-16)30(27,28)25(3)12-13-29-4/h6-11,14H,5,12-13H2,1-4H3,(H,21,23,24). The normalized spacial score (nSPS) is 11.8. The van der Waals surface area contributed by atoms with Crippen molar-refractivity contribution in [2.24, 2.45) is 0 Å². The van der Waals surface area contributed by atoms with Crippen molar-refractivity contribution < 1.29 is 13.2 Å². The molecule has 0 unspecified atom stereocenters. The summed E-state index contributed by atoms with van der Waals surface area (Å²) in [5.41, 5.74) is 2.36. The van der Waals surface area contributed by atoms with Crippen LogP contribution in [-0.4, -0.2) is 59.6 Å². The Kier molecular flexibility index (Phi) is 6.80. The summed E-state index contributed by atoms with van der Waals surface area (Å²) in [5, 5.41) is 3.12. The first-order valence-electron chi connectivity index (χ1n) is 9.54. The first kappa shape index (κ1) is 21.9. The molecule has 0 saturated carbocycles. The highest BCUT2D eigenvalue weighted by molar-refractivity contribution is 7.89. The van der Waals surface area contributed by atoms with Crippen molar-refractivity contribution in [2.45, 2.75) is 25.3 Å². The highest BCUT2D eigenvalue weighted by Gasteiger charge is 2.20. The van der Waals surface area contributed by atoms with E-state index in [-0.39, 0.29) is 11.4 Å². The number of likely N-dealkylation sites (N-methyl/N-ethyl adjacent to an activating group) is 1. The van der Waals surface area contributed by atoms with E-state index in [0.717, 1.165) is 23.8 Å². The molecule has 0 aliphatic rings. The molecule has 160 valence electrons. The third kappa shape index (κ3) is 4.66. The van der Waals surface area contributed by atoms with Crippen LogP contribution in [0.2, 0.25) is 0 Å². The van der Waals surface area contributed by atoms with Gasteiger partial charge in [0.25, 0.3) is 0 Å². The Morgan fingerprint density at radius 1 is 1.17 bits per heavy atom. The third-order valence-electron chi connectivity index (χ3n) is 4.72. The van der Waals surface area contributed by atoms with Gasteiger partial charge in [-0.1, -0.05) is 0 Å². The zero-order chi connectivity index (χ0) is 21.7. The molecule has 0 amide bonds. The highest BCUT2D eigenvalue weighted by Crippen LogP contribution is 2.22. The monoisotopic (exact) mass is 430 g/mol. The van der Waals surface area contributed by atoms with Gasteiger partial charge in [-0.2, -0.15) is 4.31 Å². The number of aryl methyl sites for hydroxylation is 1. The van der Waals surface area contributed by atoms with Crippen LogP contribution in [0.5, 0.6) is 0 Å². The number of aromatic nitrogens is 4. The lowest BCUT2D eigenvalue weighted by molar-refractivity contribution is 0.185. The Morgan fingerprint density at radius 2 is 1.90 bits per heavy atom. The van der Waals surface area contributed by atoms with E-state index in [1.54, 1.807) is 36.7 Å². The largest absolute Gasteiger partial charge is 0.383 e. The van der Waals surface area contributed by atoms with Crippen molar-refractivity contribution in [3.63, 3.8) is 0 Å². The number of sulfonamides is 1. The fraction of sp³-hybridized carbons (Fsp3) is 0.350. The minimum absolute atomic E-state index is 0.212. The maximum absolute atomic E-state index is 12.6. The molecule has 0 aliphatic heterocycles. The van der Waals surface area contributed by atoms with Gasteiger partial charge in [-0.15, -0.1) is 0 Å². The number of nitrogens with zero attached hydrogens (tertiary/aromatic N) is 5. The number of methoxy groups -OCH3 is 1. The molecule has 0 bridgehead atoms. The first-order valence-corrected chi connectivity index (χ1v) is 11.0. The van der Waals surface area contributed by atoms with Crippen molar-refractivity contribution in [3.05, 3.63) is 48.5 Å². The summed E-state index contributed by atoms with van der Waals surface area (Å²) in [6, 6.07) is 8.32. The van der Waals surface area contributed by atoms with Crippen molar-refractivity contribution >= 4 is 21.7 Å². The minimum atomic E-state index is -3.56. The van der Waals surface area contributed by atoms with Gasteiger partial charge >= 0.3 is 0 Å². The average molecular weight is 431 g/mol. The Morgan fingerprint density at radius 3 is 2.57 bits per heavy atom. The molecule has 2 heterocycles. The summed E-state index contributed by atoms with van der Waals surface area (Å²) < 4.78 is 33.5. The van der Waals surface area contributed by atoms with Gasteiger partial charge in [0.05, 0.1) is 29.1 Å². The number of benzene rings is 1.